The topological polar surface area (TPSA) is 0 Å². The van der Waals surface area contributed by atoms with Crippen LogP contribution in [-0.2, 0) is 0 Å². The van der Waals surface area contributed by atoms with Gasteiger partial charge in [-0.15, -0.1) is 0 Å². The van der Waals surface area contributed by atoms with Gasteiger partial charge in [-0.3, -0.25) is 0 Å². The highest BCUT2D eigenvalue weighted by molar-refractivity contribution is 6.83. The Labute approximate surface area is 80.8 Å². The number of hydrogen-bond donors (Lipinski definition) is 0. The molecule has 0 saturated carbocycles. The first kappa shape index (κ1) is 12.4. The summed E-state index contributed by atoms with van der Waals surface area (Å²) in [6, 6.07) is 1.48. The Kier molecular flexibility index (Phi) is 3.41. The van der Waals surface area contributed by atoms with Crippen LogP contribution < -0.4 is 0 Å². The van der Waals surface area contributed by atoms with E-state index in [0.29, 0.717) is 5.04 Å². The van der Waals surface area contributed by atoms with E-state index in [1.807, 2.05) is 0 Å². The second kappa shape index (κ2) is 3.30. The van der Waals surface area contributed by atoms with Crippen molar-refractivity contribution in [2.24, 2.45) is 0 Å². The molecule has 0 N–H and O–H groups in total. The van der Waals surface area contributed by atoms with Crippen molar-refractivity contribution in [2.75, 3.05) is 0 Å². The van der Waals surface area contributed by atoms with E-state index >= 15 is 0 Å². The molecule has 74 valence electrons. The van der Waals surface area contributed by atoms with Crippen molar-refractivity contribution >= 4 is 16.1 Å². The van der Waals surface area contributed by atoms with Crippen LogP contribution in [0.1, 0.15) is 13.8 Å². The Hall–Kier alpha value is 0.434. The maximum Gasteiger partial charge on any atom is 0.0496 e. The zero-order valence-electron chi connectivity index (χ0n) is 10.2. The summed E-state index contributed by atoms with van der Waals surface area (Å²) in [6.45, 7) is 19.9. The fourth-order valence-electron chi connectivity index (χ4n) is 1.59. The van der Waals surface area contributed by atoms with Gasteiger partial charge in [0.25, 0.3) is 0 Å². The molecule has 0 atom stereocenters. The fraction of sp³-hybridized carbons (Fsp3) is 1.00. The summed E-state index contributed by atoms with van der Waals surface area (Å²) in [5, 5.41) is 0.622. The Morgan fingerprint density at radius 2 is 1.17 bits per heavy atom. The quantitative estimate of drug-likeness (QED) is 0.594. The smallest absolute Gasteiger partial charge is 0.0496 e. The molecule has 12 heavy (non-hydrogen) atoms. The van der Waals surface area contributed by atoms with Gasteiger partial charge in [0.1, 0.15) is 0 Å². The Morgan fingerprint density at radius 3 is 1.25 bits per heavy atom. The minimum absolute atomic E-state index is 0.622. The van der Waals surface area contributed by atoms with Gasteiger partial charge < -0.3 is 0 Å². The van der Waals surface area contributed by atoms with Crippen molar-refractivity contribution in [2.45, 2.75) is 64.2 Å². The molecule has 0 saturated heterocycles. The molecule has 0 nitrogen and oxygen atoms in total. The van der Waals surface area contributed by atoms with Crippen LogP contribution in [0.2, 0.25) is 50.4 Å². The Bertz CT molecular complexity index is 146. The Balaban J connectivity index is 4.44. The van der Waals surface area contributed by atoms with E-state index in [9.17, 15) is 0 Å². The molecule has 0 bridgehead atoms. The summed E-state index contributed by atoms with van der Waals surface area (Å²) in [5.74, 6) is 0. The second-order valence-corrected chi connectivity index (χ2v) is 18.2. The lowest BCUT2D eigenvalue weighted by molar-refractivity contribution is 0.709. The van der Waals surface area contributed by atoms with E-state index in [-0.39, 0.29) is 0 Å². The van der Waals surface area contributed by atoms with E-state index in [1.54, 1.807) is 0 Å². The van der Waals surface area contributed by atoms with Gasteiger partial charge in [0.05, 0.1) is 0 Å². The predicted molar refractivity (Wildman–Crippen MR) is 65.5 cm³/mol. The van der Waals surface area contributed by atoms with Crippen molar-refractivity contribution < 1.29 is 0 Å². The standard InChI is InChI=1S/C10H26Si2/c1-10(2,12(6,7)8)9-11(3,4)5/h9H2,1-8H3. The SMILES string of the molecule is CC(C)(C[Si](C)(C)C)[Si](C)(C)C. The van der Waals surface area contributed by atoms with Gasteiger partial charge in [-0.2, -0.15) is 0 Å². The molecule has 0 fully saturated rings. The molecule has 0 unspecified atom stereocenters. The van der Waals surface area contributed by atoms with Crippen LogP contribution in [0.3, 0.4) is 0 Å². The zero-order valence-corrected chi connectivity index (χ0v) is 12.2. The van der Waals surface area contributed by atoms with E-state index in [1.165, 1.54) is 6.04 Å². The largest absolute Gasteiger partial charge is 0.0695 e. The lowest BCUT2D eigenvalue weighted by Crippen LogP contribution is -2.40. The summed E-state index contributed by atoms with van der Waals surface area (Å²) in [5.41, 5.74) is 0. The molecule has 0 radical (unpaired) electrons. The molecular weight excluding hydrogens is 176 g/mol. The monoisotopic (exact) mass is 202 g/mol. The highest BCUT2D eigenvalue weighted by atomic mass is 28.3. The molecule has 0 amide bonds. The van der Waals surface area contributed by atoms with Gasteiger partial charge in [-0.1, -0.05) is 59.2 Å². The normalized spacial score (nSPS) is 15.0. The molecule has 0 heterocycles. The number of hydrogen-bond acceptors (Lipinski definition) is 0. The van der Waals surface area contributed by atoms with Crippen molar-refractivity contribution in [1.29, 1.82) is 0 Å². The molecule has 0 aromatic heterocycles. The zero-order chi connectivity index (χ0) is 10.2. The van der Waals surface area contributed by atoms with E-state index < -0.39 is 16.1 Å². The predicted octanol–water partition coefficient (Wildman–Crippen LogP) is 4.44. The average Bonchev–Trinajstić information content (AvgIpc) is 1.52. The van der Waals surface area contributed by atoms with Crippen LogP contribution in [-0.4, -0.2) is 16.1 Å². The molecule has 2 heteroatoms. The van der Waals surface area contributed by atoms with Gasteiger partial charge >= 0.3 is 0 Å². The van der Waals surface area contributed by atoms with E-state index in [0.717, 1.165) is 0 Å². The van der Waals surface area contributed by atoms with Crippen molar-refractivity contribution in [3.8, 4) is 0 Å². The third kappa shape index (κ3) is 3.90. The summed E-state index contributed by atoms with van der Waals surface area (Å²) in [7, 11) is -1.83. The van der Waals surface area contributed by atoms with Gasteiger partial charge in [-0.25, -0.2) is 0 Å². The molecule has 0 spiro atoms. The van der Waals surface area contributed by atoms with E-state index in [4.69, 9.17) is 0 Å². The summed E-state index contributed by atoms with van der Waals surface area (Å²) < 4.78 is 0. The first-order chi connectivity index (χ1) is 4.96. The molecule has 0 aliphatic carbocycles. The molecular formula is C10H26Si2. The molecule has 0 rings (SSSR count). The molecule has 0 aliphatic rings. The fourth-order valence-corrected chi connectivity index (χ4v) is 7.95. The first-order valence-electron chi connectivity index (χ1n) is 4.96. The van der Waals surface area contributed by atoms with Crippen molar-refractivity contribution in [3.63, 3.8) is 0 Å². The molecule has 0 aliphatic heterocycles. The lowest BCUT2D eigenvalue weighted by Gasteiger charge is -2.41. The van der Waals surface area contributed by atoms with Gasteiger partial charge in [-0.05, 0) is 5.04 Å². The Morgan fingerprint density at radius 1 is 0.833 bits per heavy atom. The van der Waals surface area contributed by atoms with Gasteiger partial charge in [0.15, 0.2) is 0 Å². The first-order valence-corrected chi connectivity index (χ1v) is 12.2. The van der Waals surface area contributed by atoms with E-state index in [2.05, 4.69) is 53.1 Å². The number of rotatable bonds is 3. The average molecular weight is 202 g/mol. The third-order valence-electron chi connectivity index (χ3n) is 3.00. The minimum Gasteiger partial charge on any atom is -0.0695 e. The molecule has 0 aromatic carbocycles. The van der Waals surface area contributed by atoms with Crippen LogP contribution in [0.15, 0.2) is 0 Å². The van der Waals surface area contributed by atoms with Crippen LogP contribution >= 0.6 is 0 Å². The maximum atomic E-state index is 2.49. The van der Waals surface area contributed by atoms with Crippen molar-refractivity contribution in [1.82, 2.24) is 0 Å². The third-order valence-corrected chi connectivity index (χ3v) is 9.54. The lowest BCUT2D eigenvalue weighted by atomic mass is 10.2. The van der Waals surface area contributed by atoms with Crippen LogP contribution in [0.4, 0.5) is 0 Å². The van der Waals surface area contributed by atoms with Crippen LogP contribution in [0, 0.1) is 0 Å². The van der Waals surface area contributed by atoms with Gasteiger partial charge in [0, 0.05) is 16.1 Å². The summed E-state index contributed by atoms with van der Waals surface area (Å²) in [6.07, 6.45) is 0. The minimum atomic E-state index is -0.960. The highest BCUT2D eigenvalue weighted by Gasteiger charge is 2.37. The van der Waals surface area contributed by atoms with Crippen LogP contribution in [0.25, 0.3) is 0 Å². The van der Waals surface area contributed by atoms with Crippen molar-refractivity contribution in [3.05, 3.63) is 0 Å². The van der Waals surface area contributed by atoms with Gasteiger partial charge in [0.2, 0.25) is 0 Å². The maximum absolute atomic E-state index is 2.49. The summed E-state index contributed by atoms with van der Waals surface area (Å²) in [4.78, 5) is 0. The molecule has 0 aromatic rings. The summed E-state index contributed by atoms with van der Waals surface area (Å²) >= 11 is 0. The second-order valence-electron chi connectivity index (χ2n) is 6.87. The van der Waals surface area contributed by atoms with Crippen LogP contribution in [0.5, 0.6) is 0 Å². The highest BCUT2D eigenvalue weighted by Crippen LogP contribution is 2.44.